The highest BCUT2D eigenvalue weighted by Gasteiger charge is 2.19. The van der Waals surface area contributed by atoms with E-state index in [0.29, 0.717) is 0 Å². The Morgan fingerprint density at radius 3 is 2.43 bits per heavy atom. The molecule has 0 bridgehead atoms. The lowest BCUT2D eigenvalue weighted by atomic mass is 10.1. The number of rotatable bonds is 5. The van der Waals surface area contributed by atoms with E-state index in [1.807, 2.05) is 20.0 Å². The van der Waals surface area contributed by atoms with Crippen molar-refractivity contribution in [1.82, 2.24) is 14.8 Å². The lowest BCUT2D eigenvalue weighted by Gasteiger charge is -2.35. The van der Waals surface area contributed by atoms with Crippen LogP contribution < -0.4 is 4.74 Å². The van der Waals surface area contributed by atoms with E-state index in [9.17, 15) is 5.11 Å². The molecule has 21 heavy (non-hydrogen) atoms. The second kappa shape index (κ2) is 7.20. The van der Waals surface area contributed by atoms with E-state index in [4.69, 9.17) is 4.74 Å². The predicted molar refractivity (Wildman–Crippen MR) is 83.7 cm³/mol. The van der Waals surface area contributed by atoms with E-state index in [1.54, 1.807) is 7.11 Å². The average Bonchev–Trinajstić information content (AvgIpc) is 2.44. The maximum Gasteiger partial charge on any atom is 0.128 e. The molecule has 0 spiro atoms. The second-order valence-electron chi connectivity index (χ2n) is 5.97. The van der Waals surface area contributed by atoms with Crippen molar-refractivity contribution in [2.45, 2.75) is 33.4 Å². The van der Waals surface area contributed by atoms with Crippen molar-refractivity contribution in [3.05, 3.63) is 23.0 Å². The Labute approximate surface area is 127 Å². The summed E-state index contributed by atoms with van der Waals surface area (Å²) in [5, 5.41) is 9.45. The SMILES string of the molecule is COc1c(C)cnc(CN2CCN(CC(C)O)CC2)c1C. The van der Waals surface area contributed by atoms with Gasteiger partial charge in [0.05, 0.1) is 18.9 Å². The third-order valence-electron chi connectivity index (χ3n) is 4.11. The number of aryl methyl sites for hydroxylation is 1. The zero-order valence-corrected chi connectivity index (χ0v) is 13.6. The summed E-state index contributed by atoms with van der Waals surface area (Å²) in [6.45, 7) is 11.6. The Morgan fingerprint density at radius 1 is 1.24 bits per heavy atom. The van der Waals surface area contributed by atoms with Crippen molar-refractivity contribution in [2.24, 2.45) is 0 Å². The van der Waals surface area contributed by atoms with Crippen molar-refractivity contribution < 1.29 is 9.84 Å². The Balaban J connectivity index is 1.95. The van der Waals surface area contributed by atoms with E-state index >= 15 is 0 Å². The van der Waals surface area contributed by atoms with Gasteiger partial charge in [0.1, 0.15) is 5.75 Å². The molecule has 1 aliphatic rings. The molecule has 1 atom stereocenters. The number of methoxy groups -OCH3 is 1. The lowest BCUT2D eigenvalue weighted by molar-refractivity contribution is 0.0775. The quantitative estimate of drug-likeness (QED) is 0.884. The number of ether oxygens (including phenoxy) is 1. The van der Waals surface area contributed by atoms with Crippen molar-refractivity contribution in [1.29, 1.82) is 0 Å². The molecule has 118 valence electrons. The van der Waals surface area contributed by atoms with Gasteiger partial charge in [-0.1, -0.05) is 0 Å². The molecule has 0 aromatic carbocycles. The van der Waals surface area contributed by atoms with Gasteiger partial charge in [0.2, 0.25) is 0 Å². The summed E-state index contributed by atoms with van der Waals surface area (Å²) in [6, 6.07) is 0. The van der Waals surface area contributed by atoms with Gasteiger partial charge in [0, 0.05) is 56.6 Å². The van der Waals surface area contributed by atoms with Crippen LogP contribution in [0.1, 0.15) is 23.7 Å². The van der Waals surface area contributed by atoms with Crippen LogP contribution in [0, 0.1) is 13.8 Å². The van der Waals surface area contributed by atoms with Crippen molar-refractivity contribution in [3.8, 4) is 5.75 Å². The first-order chi connectivity index (χ1) is 10.0. The molecule has 1 N–H and O–H groups in total. The van der Waals surface area contributed by atoms with Crippen LogP contribution >= 0.6 is 0 Å². The molecular weight excluding hydrogens is 266 g/mol. The molecule has 1 fully saturated rings. The molecule has 2 heterocycles. The molecule has 2 rings (SSSR count). The number of hydrogen-bond donors (Lipinski definition) is 1. The van der Waals surface area contributed by atoms with E-state index < -0.39 is 0 Å². The second-order valence-corrected chi connectivity index (χ2v) is 5.97. The summed E-state index contributed by atoms with van der Waals surface area (Å²) in [5.74, 6) is 0.952. The standard InChI is InChI=1S/C16H27N3O2/c1-12-9-17-15(14(3)16(12)21-4)11-19-7-5-18(6-8-19)10-13(2)20/h9,13,20H,5-8,10-11H2,1-4H3. The van der Waals surface area contributed by atoms with E-state index in [2.05, 4.69) is 21.7 Å². The molecule has 1 unspecified atom stereocenters. The molecular formula is C16H27N3O2. The number of aliphatic hydroxyl groups is 1. The van der Waals surface area contributed by atoms with Gasteiger partial charge in [-0.2, -0.15) is 0 Å². The van der Waals surface area contributed by atoms with Gasteiger partial charge in [0.15, 0.2) is 0 Å². The number of hydrogen-bond acceptors (Lipinski definition) is 5. The first-order valence-corrected chi connectivity index (χ1v) is 7.63. The monoisotopic (exact) mass is 293 g/mol. The zero-order chi connectivity index (χ0) is 15.4. The number of aromatic nitrogens is 1. The predicted octanol–water partition coefficient (Wildman–Crippen LogP) is 1.21. The van der Waals surface area contributed by atoms with Crippen LogP contribution in [-0.2, 0) is 6.54 Å². The zero-order valence-electron chi connectivity index (χ0n) is 13.6. The fourth-order valence-corrected chi connectivity index (χ4v) is 2.95. The van der Waals surface area contributed by atoms with Crippen LogP contribution in [0.15, 0.2) is 6.20 Å². The molecule has 0 amide bonds. The Bertz CT molecular complexity index is 469. The number of nitrogens with zero attached hydrogens (tertiary/aromatic N) is 3. The highest BCUT2D eigenvalue weighted by Crippen LogP contribution is 2.24. The fourth-order valence-electron chi connectivity index (χ4n) is 2.95. The number of aliphatic hydroxyl groups excluding tert-OH is 1. The molecule has 1 aromatic rings. The minimum Gasteiger partial charge on any atom is -0.496 e. The van der Waals surface area contributed by atoms with E-state index in [1.165, 1.54) is 0 Å². The molecule has 5 nitrogen and oxygen atoms in total. The fraction of sp³-hybridized carbons (Fsp3) is 0.688. The minimum atomic E-state index is -0.248. The molecule has 0 saturated carbocycles. The lowest BCUT2D eigenvalue weighted by Crippen LogP contribution is -2.47. The number of pyridine rings is 1. The summed E-state index contributed by atoms with van der Waals surface area (Å²) in [5.41, 5.74) is 3.32. The summed E-state index contributed by atoms with van der Waals surface area (Å²) in [6.07, 6.45) is 1.65. The Hall–Kier alpha value is -1.17. The van der Waals surface area contributed by atoms with Crippen LogP contribution in [0.3, 0.4) is 0 Å². The number of piperazine rings is 1. The van der Waals surface area contributed by atoms with Crippen molar-refractivity contribution in [3.63, 3.8) is 0 Å². The van der Waals surface area contributed by atoms with Gasteiger partial charge in [-0.05, 0) is 20.8 Å². The number of β-amino-alcohol motifs (C(OH)–C–C–N with tert-alkyl or cyclic N) is 1. The molecule has 0 radical (unpaired) electrons. The average molecular weight is 293 g/mol. The van der Waals surface area contributed by atoms with Crippen LogP contribution in [0.2, 0.25) is 0 Å². The smallest absolute Gasteiger partial charge is 0.128 e. The largest absolute Gasteiger partial charge is 0.496 e. The molecule has 1 aliphatic heterocycles. The first-order valence-electron chi connectivity index (χ1n) is 7.63. The molecule has 1 saturated heterocycles. The molecule has 5 heteroatoms. The third kappa shape index (κ3) is 4.15. The van der Waals surface area contributed by atoms with Gasteiger partial charge in [0.25, 0.3) is 0 Å². The van der Waals surface area contributed by atoms with Gasteiger partial charge >= 0.3 is 0 Å². The normalized spacial score (nSPS) is 18.7. The Kier molecular flexibility index (Phi) is 5.56. The van der Waals surface area contributed by atoms with E-state index in [-0.39, 0.29) is 6.10 Å². The molecule has 0 aliphatic carbocycles. The van der Waals surface area contributed by atoms with Gasteiger partial charge in [-0.15, -0.1) is 0 Å². The minimum absolute atomic E-state index is 0.248. The van der Waals surface area contributed by atoms with Gasteiger partial charge in [-0.25, -0.2) is 0 Å². The van der Waals surface area contributed by atoms with Crippen LogP contribution in [0.4, 0.5) is 0 Å². The maximum absolute atomic E-state index is 9.45. The summed E-state index contributed by atoms with van der Waals surface area (Å²) in [7, 11) is 1.72. The van der Waals surface area contributed by atoms with Crippen LogP contribution in [-0.4, -0.2) is 65.8 Å². The van der Waals surface area contributed by atoms with Crippen LogP contribution in [0.25, 0.3) is 0 Å². The van der Waals surface area contributed by atoms with Gasteiger partial charge in [-0.3, -0.25) is 14.8 Å². The van der Waals surface area contributed by atoms with Crippen molar-refractivity contribution in [2.75, 3.05) is 39.8 Å². The maximum atomic E-state index is 9.45. The molecule has 1 aromatic heterocycles. The first kappa shape index (κ1) is 16.2. The third-order valence-corrected chi connectivity index (χ3v) is 4.11. The summed E-state index contributed by atoms with van der Waals surface area (Å²) >= 11 is 0. The van der Waals surface area contributed by atoms with Crippen molar-refractivity contribution >= 4 is 0 Å². The van der Waals surface area contributed by atoms with Crippen LogP contribution in [0.5, 0.6) is 5.75 Å². The summed E-state index contributed by atoms with van der Waals surface area (Å²) < 4.78 is 5.47. The van der Waals surface area contributed by atoms with Gasteiger partial charge < -0.3 is 9.84 Å². The van der Waals surface area contributed by atoms with E-state index in [0.717, 1.165) is 61.8 Å². The highest BCUT2D eigenvalue weighted by molar-refractivity contribution is 5.41. The topological polar surface area (TPSA) is 48.8 Å². The summed E-state index contributed by atoms with van der Waals surface area (Å²) in [4.78, 5) is 9.31. The Morgan fingerprint density at radius 2 is 1.86 bits per heavy atom. The highest BCUT2D eigenvalue weighted by atomic mass is 16.5.